The molecule has 0 spiro atoms. The monoisotopic (exact) mass is 249 g/mol. The van der Waals surface area contributed by atoms with Gasteiger partial charge in [-0.3, -0.25) is 4.79 Å². The van der Waals surface area contributed by atoms with Crippen LogP contribution in [0.5, 0.6) is 0 Å². The largest absolute Gasteiger partial charge is 0.469 e. The summed E-state index contributed by atoms with van der Waals surface area (Å²) in [7, 11) is 1.42. The minimum absolute atomic E-state index is 0.166. The highest BCUT2D eigenvalue weighted by Gasteiger charge is 2.05. The highest BCUT2D eigenvalue weighted by molar-refractivity contribution is 5.69. The van der Waals surface area contributed by atoms with E-state index in [9.17, 15) is 4.79 Å². The molecule has 0 aliphatic heterocycles. The van der Waals surface area contributed by atoms with Gasteiger partial charge in [0.15, 0.2) is 0 Å². The lowest BCUT2D eigenvalue weighted by atomic mass is 10.0. The molecular weight excluding hydrogens is 226 g/mol. The van der Waals surface area contributed by atoms with E-state index in [0.717, 1.165) is 6.42 Å². The summed E-state index contributed by atoms with van der Waals surface area (Å²) in [5.74, 6) is -0.166. The van der Waals surface area contributed by atoms with Crippen LogP contribution in [0.4, 0.5) is 0 Å². The molecular formula is C15H23NO2. The fourth-order valence-electron chi connectivity index (χ4n) is 1.88. The van der Waals surface area contributed by atoms with Crippen LogP contribution >= 0.6 is 0 Å². The molecule has 3 heteroatoms. The van der Waals surface area contributed by atoms with Gasteiger partial charge in [0.05, 0.1) is 13.5 Å². The van der Waals surface area contributed by atoms with E-state index in [-0.39, 0.29) is 5.97 Å². The summed E-state index contributed by atoms with van der Waals surface area (Å²) < 4.78 is 4.60. The van der Waals surface area contributed by atoms with Crippen molar-refractivity contribution in [1.82, 2.24) is 5.32 Å². The number of hydrogen-bond acceptors (Lipinski definition) is 3. The van der Waals surface area contributed by atoms with E-state index in [1.807, 2.05) is 0 Å². The third kappa shape index (κ3) is 4.88. The first kappa shape index (κ1) is 14.7. The Kier molecular flexibility index (Phi) is 5.86. The summed E-state index contributed by atoms with van der Waals surface area (Å²) in [5.41, 5.74) is 3.98. The molecule has 1 unspecified atom stereocenters. The zero-order valence-electron chi connectivity index (χ0n) is 11.7. The van der Waals surface area contributed by atoms with Crippen molar-refractivity contribution in [3.63, 3.8) is 0 Å². The Bertz CT molecular complexity index is 401. The molecule has 0 saturated carbocycles. The molecule has 0 saturated heterocycles. The van der Waals surface area contributed by atoms with Crippen molar-refractivity contribution in [3.05, 3.63) is 34.9 Å². The zero-order chi connectivity index (χ0) is 13.5. The number of benzene rings is 1. The molecule has 0 aromatic heterocycles. The molecule has 3 nitrogen and oxygen atoms in total. The van der Waals surface area contributed by atoms with Crippen molar-refractivity contribution in [2.24, 2.45) is 0 Å². The summed E-state index contributed by atoms with van der Waals surface area (Å²) in [6, 6.07) is 6.91. The van der Waals surface area contributed by atoms with E-state index in [2.05, 4.69) is 49.0 Å². The molecule has 18 heavy (non-hydrogen) atoms. The van der Waals surface area contributed by atoms with Crippen molar-refractivity contribution in [3.8, 4) is 0 Å². The van der Waals surface area contributed by atoms with Crippen LogP contribution in [-0.2, 0) is 16.0 Å². The van der Waals surface area contributed by atoms with Crippen LogP contribution in [0.1, 0.15) is 30.0 Å². The second kappa shape index (κ2) is 7.17. The average Bonchev–Trinajstić information content (AvgIpc) is 2.33. The minimum atomic E-state index is -0.166. The number of aryl methyl sites for hydroxylation is 2. The molecule has 0 heterocycles. The van der Waals surface area contributed by atoms with Gasteiger partial charge in [-0.1, -0.05) is 18.2 Å². The lowest BCUT2D eigenvalue weighted by Gasteiger charge is -2.14. The minimum Gasteiger partial charge on any atom is -0.469 e. The second-order valence-corrected chi connectivity index (χ2v) is 4.80. The van der Waals surface area contributed by atoms with Crippen LogP contribution in [0.3, 0.4) is 0 Å². The third-order valence-corrected chi connectivity index (χ3v) is 3.16. The number of methoxy groups -OCH3 is 1. The molecule has 1 N–H and O–H groups in total. The molecule has 100 valence electrons. The molecule has 0 bridgehead atoms. The Morgan fingerprint density at radius 1 is 1.33 bits per heavy atom. The molecule has 1 rings (SSSR count). The molecule has 0 aliphatic rings. The first-order chi connectivity index (χ1) is 8.52. The second-order valence-electron chi connectivity index (χ2n) is 4.80. The predicted octanol–water partition coefficient (Wildman–Crippen LogP) is 2.39. The maximum Gasteiger partial charge on any atom is 0.306 e. The van der Waals surface area contributed by atoms with Crippen LogP contribution in [0.25, 0.3) is 0 Å². The summed E-state index contributed by atoms with van der Waals surface area (Å²) in [5, 5.41) is 3.33. The van der Waals surface area contributed by atoms with Crippen molar-refractivity contribution in [2.75, 3.05) is 13.7 Å². The lowest BCUT2D eigenvalue weighted by Crippen LogP contribution is -2.30. The molecule has 0 amide bonds. The van der Waals surface area contributed by atoms with Crippen molar-refractivity contribution in [2.45, 2.75) is 39.7 Å². The van der Waals surface area contributed by atoms with E-state index in [0.29, 0.717) is 19.0 Å². The van der Waals surface area contributed by atoms with Gasteiger partial charge in [-0.05, 0) is 43.9 Å². The Morgan fingerprint density at radius 2 is 2.06 bits per heavy atom. The SMILES string of the molecule is COC(=O)CCNC(C)Cc1ccc(C)c(C)c1. The van der Waals surface area contributed by atoms with E-state index in [1.54, 1.807) is 0 Å². The smallest absolute Gasteiger partial charge is 0.306 e. The fourth-order valence-corrected chi connectivity index (χ4v) is 1.88. The number of rotatable bonds is 6. The normalized spacial score (nSPS) is 12.2. The average molecular weight is 249 g/mol. The van der Waals surface area contributed by atoms with E-state index in [1.165, 1.54) is 23.8 Å². The summed E-state index contributed by atoms with van der Waals surface area (Å²) in [6.45, 7) is 7.05. The number of esters is 1. The van der Waals surface area contributed by atoms with E-state index in [4.69, 9.17) is 0 Å². The predicted molar refractivity (Wildman–Crippen MR) is 73.7 cm³/mol. The molecule has 1 aromatic rings. The standard InChI is InChI=1S/C15H23NO2/c1-11-5-6-14(9-12(11)2)10-13(3)16-8-7-15(17)18-4/h5-6,9,13,16H,7-8,10H2,1-4H3. The van der Waals surface area contributed by atoms with Gasteiger partial charge in [-0.15, -0.1) is 0 Å². The van der Waals surface area contributed by atoms with Gasteiger partial charge < -0.3 is 10.1 Å². The number of hydrogen-bond donors (Lipinski definition) is 1. The molecule has 1 atom stereocenters. The van der Waals surface area contributed by atoms with Crippen molar-refractivity contribution < 1.29 is 9.53 Å². The quantitative estimate of drug-likeness (QED) is 0.787. The topological polar surface area (TPSA) is 38.3 Å². The summed E-state index contributed by atoms with van der Waals surface area (Å²) in [6.07, 6.45) is 1.40. The number of carbonyl (C=O) groups is 1. The fraction of sp³-hybridized carbons (Fsp3) is 0.533. The number of nitrogens with one attached hydrogen (secondary N) is 1. The molecule has 0 fully saturated rings. The Labute approximate surface area is 110 Å². The van der Waals surface area contributed by atoms with Crippen LogP contribution in [-0.4, -0.2) is 25.7 Å². The third-order valence-electron chi connectivity index (χ3n) is 3.16. The Balaban J connectivity index is 2.37. The number of carbonyl (C=O) groups excluding carboxylic acids is 1. The maximum atomic E-state index is 11.0. The van der Waals surface area contributed by atoms with Crippen LogP contribution in [0.2, 0.25) is 0 Å². The van der Waals surface area contributed by atoms with Gasteiger partial charge in [0.25, 0.3) is 0 Å². The zero-order valence-corrected chi connectivity index (χ0v) is 11.7. The maximum absolute atomic E-state index is 11.0. The highest BCUT2D eigenvalue weighted by Crippen LogP contribution is 2.11. The van der Waals surface area contributed by atoms with Gasteiger partial charge in [-0.2, -0.15) is 0 Å². The van der Waals surface area contributed by atoms with Gasteiger partial charge in [0.1, 0.15) is 0 Å². The Morgan fingerprint density at radius 3 is 2.67 bits per heavy atom. The van der Waals surface area contributed by atoms with Crippen LogP contribution in [0.15, 0.2) is 18.2 Å². The molecule has 0 radical (unpaired) electrons. The first-order valence-electron chi connectivity index (χ1n) is 6.39. The van der Waals surface area contributed by atoms with Crippen LogP contribution < -0.4 is 5.32 Å². The summed E-state index contributed by atoms with van der Waals surface area (Å²) in [4.78, 5) is 11.0. The summed E-state index contributed by atoms with van der Waals surface area (Å²) >= 11 is 0. The highest BCUT2D eigenvalue weighted by atomic mass is 16.5. The Hall–Kier alpha value is -1.35. The molecule has 1 aromatic carbocycles. The van der Waals surface area contributed by atoms with Gasteiger partial charge in [0, 0.05) is 12.6 Å². The van der Waals surface area contributed by atoms with Gasteiger partial charge in [0.2, 0.25) is 0 Å². The van der Waals surface area contributed by atoms with Crippen molar-refractivity contribution in [1.29, 1.82) is 0 Å². The lowest BCUT2D eigenvalue weighted by molar-refractivity contribution is -0.140. The number of ether oxygens (including phenoxy) is 1. The van der Waals surface area contributed by atoms with Gasteiger partial charge in [-0.25, -0.2) is 0 Å². The van der Waals surface area contributed by atoms with E-state index >= 15 is 0 Å². The molecule has 0 aliphatic carbocycles. The first-order valence-corrected chi connectivity index (χ1v) is 6.39. The van der Waals surface area contributed by atoms with Gasteiger partial charge >= 0.3 is 5.97 Å². The van der Waals surface area contributed by atoms with Crippen LogP contribution in [0, 0.1) is 13.8 Å². The van der Waals surface area contributed by atoms with E-state index < -0.39 is 0 Å². The van der Waals surface area contributed by atoms with Crippen molar-refractivity contribution >= 4 is 5.97 Å².